The molecule has 3 rings (SSSR count). The number of nitrogens with one attached hydrogen (secondary N) is 1. The molecule has 0 radical (unpaired) electrons. The molecule has 1 heterocycles. The predicted octanol–water partition coefficient (Wildman–Crippen LogP) is 3.86. The third kappa shape index (κ3) is 2.17. The first-order chi connectivity index (χ1) is 9.69. The van der Waals surface area contributed by atoms with Gasteiger partial charge < -0.3 is 9.72 Å². The quantitative estimate of drug-likeness (QED) is 0.777. The number of pyridine rings is 1. The van der Waals surface area contributed by atoms with Crippen molar-refractivity contribution >= 4 is 22.5 Å². The highest BCUT2D eigenvalue weighted by molar-refractivity contribution is 6.33. The van der Waals surface area contributed by atoms with Crippen molar-refractivity contribution in [2.45, 2.75) is 0 Å². The van der Waals surface area contributed by atoms with Crippen LogP contribution in [0.1, 0.15) is 0 Å². The third-order valence-electron chi connectivity index (χ3n) is 3.20. The number of methoxy groups -OCH3 is 1. The summed E-state index contributed by atoms with van der Waals surface area (Å²) in [6, 6.07) is 14.3. The van der Waals surface area contributed by atoms with Crippen LogP contribution in [0.4, 0.5) is 0 Å². The van der Waals surface area contributed by atoms with Crippen molar-refractivity contribution in [3.8, 4) is 17.0 Å². The first-order valence-electron chi connectivity index (χ1n) is 6.15. The Morgan fingerprint density at radius 3 is 2.65 bits per heavy atom. The summed E-state index contributed by atoms with van der Waals surface area (Å²) in [5, 5.41) is 1.20. The Morgan fingerprint density at radius 1 is 1.10 bits per heavy atom. The Morgan fingerprint density at radius 2 is 1.90 bits per heavy atom. The number of aromatic nitrogens is 1. The molecule has 0 fully saturated rings. The van der Waals surface area contributed by atoms with Crippen LogP contribution in [-0.4, -0.2) is 12.1 Å². The highest BCUT2D eigenvalue weighted by atomic mass is 35.5. The Labute approximate surface area is 120 Å². The standard InChI is InChI=1S/C16H12ClNO2/c1-20-10-6-7-14-12(8-10)16(19)9-15(18-14)11-4-2-3-5-13(11)17/h2-9H,1H3,(H,18,19). The van der Waals surface area contributed by atoms with E-state index in [0.717, 1.165) is 11.1 Å². The number of rotatable bonds is 2. The van der Waals surface area contributed by atoms with E-state index < -0.39 is 0 Å². The minimum atomic E-state index is -0.0624. The van der Waals surface area contributed by atoms with Gasteiger partial charge in [-0.15, -0.1) is 0 Å². The lowest BCUT2D eigenvalue weighted by Crippen LogP contribution is -2.03. The van der Waals surface area contributed by atoms with Crippen LogP contribution in [-0.2, 0) is 0 Å². The first-order valence-corrected chi connectivity index (χ1v) is 6.53. The smallest absolute Gasteiger partial charge is 0.190 e. The molecular weight excluding hydrogens is 274 g/mol. The fourth-order valence-corrected chi connectivity index (χ4v) is 2.42. The summed E-state index contributed by atoms with van der Waals surface area (Å²) in [4.78, 5) is 15.5. The molecule has 0 amide bonds. The minimum Gasteiger partial charge on any atom is -0.497 e. The molecule has 0 aliphatic carbocycles. The summed E-state index contributed by atoms with van der Waals surface area (Å²) in [6.45, 7) is 0. The fourth-order valence-electron chi connectivity index (χ4n) is 2.18. The van der Waals surface area contributed by atoms with E-state index in [-0.39, 0.29) is 5.43 Å². The van der Waals surface area contributed by atoms with Gasteiger partial charge in [-0.3, -0.25) is 4.79 Å². The van der Waals surface area contributed by atoms with Gasteiger partial charge in [0.05, 0.1) is 12.8 Å². The molecule has 100 valence electrons. The highest BCUT2D eigenvalue weighted by Gasteiger charge is 2.07. The summed E-state index contributed by atoms with van der Waals surface area (Å²) in [5.41, 5.74) is 2.21. The number of H-pyrrole nitrogens is 1. The molecule has 4 heteroatoms. The van der Waals surface area contributed by atoms with Crippen LogP contribution in [0.2, 0.25) is 5.02 Å². The zero-order chi connectivity index (χ0) is 14.1. The van der Waals surface area contributed by atoms with Gasteiger partial charge >= 0.3 is 0 Å². The molecule has 1 aromatic heterocycles. The second kappa shape index (κ2) is 5.02. The Kier molecular flexibility index (Phi) is 3.20. The van der Waals surface area contributed by atoms with Crippen molar-refractivity contribution in [2.24, 2.45) is 0 Å². The van der Waals surface area contributed by atoms with E-state index in [1.54, 1.807) is 25.3 Å². The molecule has 20 heavy (non-hydrogen) atoms. The summed E-state index contributed by atoms with van der Waals surface area (Å²) < 4.78 is 5.14. The monoisotopic (exact) mass is 285 g/mol. The molecule has 2 aromatic carbocycles. The van der Waals surface area contributed by atoms with Crippen LogP contribution in [0.25, 0.3) is 22.2 Å². The molecule has 0 aliphatic heterocycles. The zero-order valence-corrected chi connectivity index (χ0v) is 11.6. The van der Waals surface area contributed by atoms with Gasteiger partial charge in [0.15, 0.2) is 5.43 Å². The van der Waals surface area contributed by atoms with E-state index in [1.165, 1.54) is 0 Å². The molecule has 0 unspecified atom stereocenters. The van der Waals surface area contributed by atoms with Gasteiger partial charge in [0.1, 0.15) is 5.75 Å². The molecule has 0 saturated heterocycles. The number of aromatic amines is 1. The van der Waals surface area contributed by atoms with Crippen molar-refractivity contribution in [2.75, 3.05) is 7.11 Å². The lowest BCUT2D eigenvalue weighted by molar-refractivity contribution is 0.415. The normalized spacial score (nSPS) is 10.7. The molecule has 0 aliphatic rings. The van der Waals surface area contributed by atoms with Gasteiger partial charge in [-0.05, 0) is 24.3 Å². The van der Waals surface area contributed by atoms with E-state index in [0.29, 0.717) is 21.9 Å². The van der Waals surface area contributed by atoms with Crippen molar-refractivity contribution in [1.29, 1.82) is 0 Å². The van der Waals surface area contributed by atoms with E-state index in [4.69, 9.17) is 16.3 Å². The highest BCUT2D eigenvalue weighted by Crippen LogP contribution is 2.26. The molecule has 0 bridgehead atoms. The lowest BCUT2D eigenvalue weighted by atomic mass is 10.1. The third-order valence-corrected chi connectivity index (χ3v) is 3.53. The van der Waals surface area contributed by atoms with E-state index in [9.17, 15) is 4.79 Å². The van der Waals surface area contributed by atoms with Gasteiger partial charge in [0, 0.05) is 27.6 Å². The van der Waals surface area contributed by atoms with Gasteiger partial charge in [0.2, 0.25) is 0 Å². The van der Waals surface area contributed by atoms with Crippen LogP contribution in [0.15, 0.2) is 53.3 Å². The van der Waals surface area contributed by atoms with Gasteiger partial charge in [-0.1, -0.05) is 29.8 Å². The van der Waals surface area contributed by atoms with Gasteiger partial charge in [0.25, 0.3) is 0 Å². The predicted molar refractivity (Wildman–Crippen MR) is 81.6 cm³/mol. The van der Waals surface area contributed by atoms with Crippen molar-refractivity contribution in [3.63, 3.8) is 0 Å². The number of halogens is 1. The maximum absolute atomic E-state index is 12.2. The van der Waals surface area contributed by atoms with Crippen molar-refractivity contribution in [3.05, 3.63) is 63.8 Å². The van der Waals surface area contributed by atoms with Crippen molar-refractivity contribution in [1.82, 2.24) is 4.98 Å². The minimum absolute atomic E-state index is 0.0624. The number of benzene rings is 2. The summed E-state index contributed by atoms with van der Waals surface area (Å²) in [5.74, 6) is 0.661. The van der Waals surface area contributed by atoms with Crippen molar-refractivity contribution < 1.29 is 4.74 Å². The molecule has 1 N–H and O–H groups in total. The topological polar surface area (TPSA) is 42.1 Å². The molecule has 0 saturated carbocycles. The second-order valence-corrected chi connectivity index (χ2v) is 4.85. The summed E-state index contributed by atoms with van der Waals surface area (Å²) >= 11 is 6.17. The van der Waals surface area contributed by atoms with Crippen LogP contribution >= 0.6 is 11.6 Å². The van der Waals surface area contributed by atoms with Crippen LogP contribution in [0.3, 0.4) is 0 Å². The average molecular weight is 286 g/mol. The molecule has 3 nitrogen and oxygen atoms in total. The largest absolute Gasteiger partial charge is 0.497 e. The van der Waals surface area contributed by atoms with E-state index in [2.05, 4.69) is 4.98 Å². The zero-order valence-electron chi connectivity index (χ0n) is 10.8. The second-order valence-electron chi connectivity index (χ2n) is 4.44. The van der Waals surface area contributed by atoms with Gasteiger partial charge in [-0.25, -0.2) is 0 Å². The van der Waals surface area contributed by atoms with E-state index in [1.807, 2.05) is 30.3 Å². The Hall–Kier alpha value is -2.26. The number of ether oxygens (including phenoxy) is 1. The first kappa shape index (κ1) is 12.8. The summed E-state index contributed by atoms with van der Waals surface area (Å²) in [6.07, 6.45) is 0. The number of hydrogen-bond donors (Lipinski definition) is 1. The maximum atomic E-state index is 12.2. The van der Waals surface area contributed by atoms with Crippen LogP contribution in [0.5, 0.6) is 5.75 Å². The average Bonchev–Trinajstić information content (AvgIpc) is 2.47. The lowest BCUT2D eigenvalue weighted by Gasteiger charge is -2.07. The maximum Gasteiger partial charge on any atom is 0.190 e. The summed E-state index contributed by atoms with van der Waals surface area (Å²) in [7, 11) is 1.58. The fraction of sp³-hybridized carbons (Fsp3) is 0.0625. The molecular formula is C16H12ClNO2. The number of hydrogen-bond acceptors (Lipinski definition) is 2. The molecule has 3 aromatic rings. The van der Waals surface area contributed by atoms with Crippen LogP contribution in [0, 0.1) is 0 Å². The number of fused-ring (bicyclic) bond motifs is 1. The van der Waals surface area contributed by atoms with Gasteiger partial charge in [-0.2, -0.15) is 0 Å². The SMILES string of the molecule is COc1ccc2[nH]c(-c3ccccc3Cl)cc(=O)c2c1. The Bertz CT molecular complexity index is 839. The molecule has 0 atom stereocenters. The van der Waals surface area contributed by atoms with E-state index >= 15 is 0 Å². The Balaban J connectivity index is 2.26. The molecule has 0 spiro atoms. The van der Waals surface area contributed by atoms with Crippen LogP contribution < -0.4 is 10.2 Å².